The lowest BCUT2D eigenvalue weighted by atomic mass is 9.33. The van der Waals surface area contributed by atoms with Crippen LogP contribution >= 0.6 is 10.0 Å². The summed E-state index contributed by atoms with van der Waals surface area (Å²) in [4.78, 5) is 10.4. The van der Waals surface area contributed by atoms with Gasteiger partial charge in [-0.3, -0.25) is 0 Å². The molecule has 10 aromatic rings. The van der Waals surface area contributed by atoms with Crippen molar-refractivity contribution >= 4 is 88.8 Å². The van der Waals surface area contributed by atoms with Crippen LogP contribution in [0, 0.1) is 13.8 Å². The van der Waals surface area contributed by atoms with E-state index in [1.807, 2.05) is 0 Å². The van der Waals surface area contributed by atoms with Crippen molar-refractivity contribution in [3.8, 4) is 0 Å². The highest BCUT2D eigenvalue weighted by atomic mass is 32.3. The van der Waals surface area contributed by atoms with Crippen LogP contribution in [0.4, 0.5) is 34.1 Å². The van der Waals surface area contributed by atoms with Crippen molar-refractivity contribution in [3.63, 3.8) is 0 Å². The van der Waals surface area contributed by atoms with Gasteiger partial charge in [0.15, 0.2) is 0 Å². The Kier molecular flexibility index (Phi) is 8.52. The molecule has 0 bridgehead atoms. The summed E-state index contributed by atoms with van der Waals surface area (Å²) in [6, 6.07) is 84.6. The number of aryl methyl sites for hydroxylation is 2. The smallest absolute Gasteiger partial charge is 0.252 e. The highest BCUT2D eigenvalue weighted by Crippen LogP contribution is 2.74. The molecule has 0 aromatic heterocycles. The van der Waals surface area contributed by atoms with Gasteiger partial charge in [-0.1, -0.05) is 152 Å². The second-order valence-electron chi connectivity index (χ2n) is 16.7. The maximum atomic E-state index is 2.61. The van der Waals surface area contributed by atoms with E-state index in [2.05, 4.69) is 248 Å². The lowest BCUT2D eigenvalue weighted by molar-refractivity contribution is 1.20. The van der Waals surface area contributed by atoms with Crippen molar-refractivity contribution in [1.82, 2.24) is 0 Å². The Morgan fingerprint density at radius 1 is 0.355 bits per heavy atom. The summed E-state index contributed by atoms with van der Waals surface area (Å²) in [6.07, 6.45) is 0. The van der Waals surface area contributed by atoms with Gasteiger partial charge in [0, 0.05) is 64.5 Å². The lowest BCUT2D eigenvalue weighted by Gasteiger charge is -2.48. The molecule has 0 spiro atoms. The van der Waals surface area contributed by atoms with Crippen LogP contribution in [0.2, 0.25) is 0 Å². The summed E-state index contributed by atoms with van der Waals surface area (Å²) in [5, 5.41) is 4.97. The van der Waals surface area contributed by atoms with Gasteiger partial charge in [0.25, 0.3) is 6.71 Å². The Labute approximate surface area is 365 Å². The summed E-state index contributed by atoms with van der Waals surface area (Å²) in [7, 11) is -2.09. The zero-order valence-corrected chi connectivity index (χ0v) is 35.6. The van der Waals surface area contributed by atoms with Gasteiger partial charge in [0.1, 0.15) is 0 Å². The second kappa shape index (κ2) is 14.4. The Hall–Kier alpha value is -7.27. The molecule has 0 fully saturated rings. The highest BCUT2D eigenvalue weighted by molar-refractivity contribution is 8.34. The Morgan fingerprint density at radius 2 is 0.758 bits per heavy atom. The molecule has 0 aliphatic carbocycles. The first-order valence-electron chi connectivity index (χ1n) is 21.5. The zero-order chi connectivity index (χ0) is 41.4. The van der Waals surface area contributed by atoms with E-state index < -0.39 is 10.0 Å². The molecule has 2 nitrogen and oxygen atoms in total. The van der Waals surface area contributed by atoms with Gasteiger partial charge in [-0.2, -0.15) is 0 Å². The first kappa shape index (κ1) is 36.6. The maximum absolute atomic E-state index is 2.61. The summed E-state index contributed by atoms with van der Waals surface area (Å²) in [5.74, 6) is 0. The van der Waals surface area contributed by atoms with E-state index in [1.165, 1.54) is 91.4 Å². The topological polar surface area (TPSA) is 6.48 Å². The van der Waals surface area contributed by atoms with Crippen LogP contribution in [0.15, 0.2) is 244 Å². The molecular weight excluding hydrogens is 768 g/mol. The number of hydrogen-bond acceptors (Lipinski definition) is 2. The third-order valence-electron chi connectivity index (χ3n) is 13.0. The maximum Gasteiger partial charge on any atom is 0.252 e. The number of anilines is 6. The molecule has 0 radical (unpaired) electrons. The monoisotopic (exact) mass is 810 g/mol. The van der Waals surface area contributed by atoms with Crippen molar-refractivity contribution < 1.29 is 0 Å². The molecule has 62 heavy (non-hydrogen) atoms. The van der Waals surface area contributed by atoms with E-state index in [-0.39, 0.29) is 6.71 Å². The fourth-order valence-electron chi connectivity index (χ4n) is 10.4. The fourth-order valence-corrected chi connectivity index (χ4v) is 14.3. The second-order valence-corrected chi connectivity index (χ2v) is 19.8. The molecular formula is C58H43BN2S. The van der Waals surface area contributed by atoms with Crippen LogP contribution in [0.1, 0.15) is 11.1 Å². The van der Waals surface area contributed by atoms with E-state index in [1.54, 1.807) is 0 Å². The van der Waals surface area contributed by atoms with Crippen LogP contribution < -0.4 is 26.2 Å². The average molecular weight is 811 g/mol. The van der Waals surface area contributed by atoms with Crippen LogP contribution in [-0.2, 0) is 0 Å². The largest absolute Gasteiger partial charge is 0.311 e. The van der Waals surface area contributed by atoms with E-state index in [0.717, 1.165) is 11.4 Å². The van der Waals surface area contributed by atoms with E-state index >= 15 is 0 Å². The lowest BCUT2D eigenvalue weighted by Crippen LogP contribution is -2.61. The summed E-state index contributed by atoms with van der Waals surface area (Å²) >= 11 is 0. The minimum absolute atomic E-state index is 0.0232. The van der Waals surface area contributed by atoms with Crippen molar-refractivity contribution in [3.05, 3.63) is 236 Å². The third kappa shape index (κ3) is 5.46. The molecule has 2 aliphatic heterocycles. The van der Waals surface area contributed by atoms with Gasteiger partial charge >= 0.3 is 0 Å². The van der Waals surface area contributed by atoms with Gasteiger partial charge in [-0.25, -0.2) is 0 Å². The van der Waals surface area contributed by atoms with Crippen LogP contribution in [0.5, 0.6) is 0 Å². The predicted molar refractivity (Wildman–Crippen MR) is 265 cm³/mol. The van der Waals surface area contributed by atoms with E-state index in [4.69, 9.17) is 0 Å². The SMILES string of the molecule is Cc1cccc(N2c3cc(S(c4ccccc4)(c4ccccc4)c4ccccc4)cc4c3B(c3ccc5ccccc5c32)c2ccc3ccccc3c2N4c2cccc(C)c2)c1. The Balaban J connectivity index is 1.32. The normalized spacial score (nSPS) is 13.2. The average Bonchev–Trinajstić information content (AvgIpc) is 3.32. The number of hydrogen-bond donors (Lipinski definition) is 0. The van der Waals surface area contributed by atoms with Crippen LogP contribution in [-0.4, -0.2) is 6.71 Å². The minimum Gasteiger partial charge on any atom is -0.311 e. The van der Waals surface area contributed by atoms with Crippen molar-refractivity contribution in [2.45, 2.75) is 33.4 Å². The fraction of sp³-hybridized carbons (Fsp3) is 0.0345. The van der Waals surface area contributed by atoms with Crippen LogP contribution in [0.25, 0.3) is 21.5 Å². The summed E-state index contributed by atoms with van der Waals surface area (Å²) in [6.45, 7) is 4.40. The zero-order valence-electron chi connectivity index (χ0n) is 34.7. The number of nitrogens with zero attached hydrogens (tertiary/aromatic N) is 2. The van der Waals surface area contributed by atoms with Gasteiger partial charge < -0.3 is 9.80 Å². The first-order valence-corrected chi connectivity index (χ1v) is 23.2. The molecule has 0 atom stereocenters. The quantitative estimate of drug-likeness (QED) is 0.154. The molecule has 2 heterocycles. The molecule has 10 aromatic carbocycles. The molecule has 0 saturated heterocycles. The van der Waals surface area contributed by atoms with Gasteiger partial charge in [0.05, 0.1) is 0 Å². The Bertz CT molecular complexity index is 3090. The highest BCUT2D eigenvalue weighted by Gasteiger charge is 2.46. The number of rotatable bonds is 6. The van der Waals surface area contributed by atoms with Crippen molar-refractivity contribution in [2.75, 3.05) is 9.80 Å². The molecule has 12 rings (SSSR count). The summed E-state index contributed by atoms with van der Waals surface area (Å²) in [5.41, 5.74) is 13.7. The Morgan fingerprint density at radius 3 is 1.18 bits per heavy atom. The van der Waals surface area contributed by atoms with E-state index in [0.29, 0.717) is 0 Å². The molecule has 0 saturated carbocycles. The first-order chi connectivity index (χ1) is 30.6. The molecule has 2 aliphatic rings. The third-order valence-corrected chi connectivity index (χ3v) is 16.9. The molecule has 0 amide bonds. The summed E-state index contributed by atoms with van der Waals surface area (Å²) < 4.78 is 0. The standard InChI is InChI=1S/C58H43BN2S/c1-40-18-16-22-44(36-40)60-54-38-49(62(46-24-6-3-7-25-46,47-26-8-4-9-27-47)48-28-10-5-11-29-48)39-55-56(54)59(52-34-32-42-20-12-14-30-50(42)57(52)60)53-35-33-43-21-13-15-31-51(43)58(53)61(55)45-23-17-19-41(2)37-45/h3-39H,1-2H3. The minimum atomic E-state index is -2.09. The molecule has 294 valence electrons. The molecule has 0 N–H and O–H groups in total. The van der Waals surface area contributed by atoms with E-state index in [9.17, 15) is 0 Å². The van der Waals surface area contributed by atoms with Gasteiger partial charge in [-0.05, 0) is 125 Å². The number of fused-ring (bicyclic) bond motifs is 8. The van der Waals surface area contributed by atoms with Gasteiger partial charge in [-0.15, -0.1) is 10.0 Å². The molecule has 4 heteroatoms. The van der Waals surface area contributed by atoms with Crippen molar-refractivity contribution in [1.29, 1.82) is 0 Å². The van der Waals surface area contributed by atoms with Crippen molar-refractivity contribution in [2.24, 2.45) is 0 Å². The predicted octanol–water partition coefficient (Wildman–Crippen LogP) is 14.0. The number of benzene rings is 10. The molecule has 0 unspecified atom stereocenters. The van der Waals surface area contributed by atoms with Crippen LogP contribution in [0.3, 0.4) is 0 Å². The van der Waals surface area contributed by atoms with Gasteiger partial charge in [0.2, 0.25) is 0 Å².